The molecule has 7 heteroatoms. The zero-order chi connectivity index (χ0) is 25.5. The van der Waals surface area contributed by atoms with Crippen molar-refractivity contribution in [3.05, 3.63) is 11.6 Å². The monoisotopic (exact) mass is 504 g/mol. The van der Waals surface area contributed by atoms with Crippen LogP contribution in [0.1, 0.15) is 85.0 Å². The molecule has 5 fully saturated rings. The number of aliphatic hydroxyl groups is 3. The lowest BCUT2D eigenvalue weighted by Gasteiger charge is -2.63. The Labute approximate surface area is 214 Å². The number of hydrogen-bond acceptors (Lipinski definition) is 7. The molecule has 4 saturated carbocycles. The number of hydrogen-bond donors (Lipinski definition) is 3. The third-order valence-corrected chi connectivity index (χ3v) is 12.0. The zero-order valence-corrected chi connectivity index (χ0v) is 22.0. The van der Waals surface area contributed by atoms with Crippen LogP contribution in [0.3, 0.4) is 0 Å². The second kappa shape index (κ2) is 8.77. The minimum Gasteiger partial charge on any atom is -0.458 e. The Hall–Kier alpha value is -0.990. The maximum atomic E-state index is 12.4. The molecular formula is C29H44O7. The molecule has 2 aliphatic heterocycles. The molecule has 12 atom stereocenters. The van der Waals surface area contributed by atoms with Gasteiger partial charge in [-0.1, -0.05) is 13.8 Å². The van der Waals surface area contributed by atoms with E-state index >= 15 is 0 Å². The molecular weight excluding hydrogens is 460 g/mol. The van der Waals surface area contributed by atoms with Crippen molar-refractivity contribution in [3.63, 3.8) is 0 Å². The van der Waals surface area contributed by atoms with Gasteiger partial charge in [0.05, 0.1) is 23.9 Å². The summed E-state index contributed by atoms with van der Waals surface area (Å²) >= 11 is 0. The van der Waals surface area contributed by atoms with Crippen LogP contribution in [0.15, 0.2) is 11.6 Å². The van der Waals surface area contributed by atoms with Gasteiger partial charge in [0.2, 0.25) is 0 Å². The van der Waals surface area contributed by atoms with E-state index in [0.717, 1.165) is 63.4 Å². The van der Waals surface area contributed by atoms with Crippen LogP contribution in [0, 0.1) is 34.5 Å². The average molecular weight is 505 g/mol. The summed E-state index contributed by atoms with van der Waals surface area (Å²) in [5, 5.41) is 32.5. The van der Waals surface area contributed by atoms with Crippen LogP contribution in [0.25, 0.3) is 0 Å². The molecule has 6 aliphatic rings. The number of carbonyl (C=O) groups excluding carboxylic acids is 1. The molecule has 6 rings (SSSR count). The van der Waals surface area contributed by atoms with Crippen LogP contribution >= 0.6 is 0 Å². The Balaban J connectivity index is 1.15. The molecule has 0 aromatic carbocycles. The fourth-order valence-electron chi connectivity index (χ4n) is 9.82. The summed E-state index contributed by atoms with van der Waals surface area (Å²) in [5.74, 6) is 1.37. The maximum absolute atomic E-state index is 12.4. The van der Waals surface area contributed by atoms with Gasteiger partial charge in [0.25, 0.3) is 0 Å². The van der Waals surface area contributed by atoms with Crippen molar-refractivity contribution < 1.29 is 34.3 Å². The van der Waals surface area contributed by atoms with Crippen molar-refractivity contribution in [2.45, 2.75) is 121 Å². The van der Waals surface area contributed by atoms with E-state index in [1.54, 1.807) is 13.0 Å². The second-order valence-electron chi connectivity index (χ2n) is 13.4. The molecule has 4 unspecified atom stereocenters. The van der Waals surface area contributed by atoms with Crippen LogP contribution in [0.5, 0.6) is 0 Å². The minimum absolute atomic E-state index is 0.110. The molecule has 0 aromatic heterocycles. The Morgan fingerprint density at radius 3 is 2.53 bits per heavy atom. The summed E-state index contributed by atoms with van der Waals surface area (Å²) in [4.78, 5) is 11.8. The summed E-state index contributed by atoms with van der Waals surface area (Å²) in [5.41, 5.74) is 0.404. The van der Waals surface area contributed by atoms with Crippen LogP contribution < -0.4 is 0 Å². The van der Waals surface area contributed by atoms with E-state index < -0.39 is 30.2 Å². The van der Waals surface area contributed by atoms with E-state index in [9.17, 15) is 20.1 Å². The molecule has 0 aromatic rings. The molecule has 2 heterocycles. The zero-order valence-electron chi connectivity index (χ0n) is 22.0. The summed E-state index contributed by atoms with van der Waals surface area (Å²) in [7, 11) is 0. The minimum atomic E-state index is -0.856. The topological polar surface area (TPSA) is 105 Å². The van der Waals surface area contributed by atoms with Crippen molar-refractivity contribution in [2.75, 3.05) is 6.61 Å². The van der Waals surface area contributed by atoms with Crippen LogP contribution in [0.2, 0.25) is 0 Å². The number of ether oxygens (including phenoxy) is 3. The lowest BCUT2D eigenvalue weighted by Crippen LogP contribution is -2.62. The van der Waals surface area contributed by atoms with Gasteiger partial charge in [-0.15, -0.1) is 0 Å². The third kappa shape index (κ3) is 3.67. The van der Waals surface area contributed by atoms with Gasteiger partial charge in [-0.2, -0.15) is 0 Å². The average Bonchev–Trinajstić information content (AvgIpc) is 3.37. The van der Waals surface area contributed by atoms with Crippen molar-refractivity contribution in [1.82, 2.24) is 0 Å². The van der Waals surface area contributed by atoms with E-state index in [0.29, 0.717) is 30.8 Å². The van der Waals surface area contributed by atoms with Crippen molar-refractivity contribution >= 4 is 5.97 Å². The van der Waals surface area contributed by atoms with Gasteiger partial charge in [0.15, 0.2) is 6.29 Å². The number of cyclic esters (lactones) is 1. The van der Waals surface area contributed by atoms with Crippen molar-refractivity contribution in [2.24, 2.45) is 34.5 Å². The highest BCUT2D eigenvalue weighted by atomic mass is 16.7. The van der Waals surface area contributed by atoms with Crippen LogP contribution in [0.4, 0.5) is 0 Å². The van der Waals surface area contributed by atoms with Crippen LogP contribution in [-0.2, 0) is 19.0 Å². The molecule has 7 nitrogen and oxygen atoms in total. The number of rotatable bonds is 3. The van der Waals surface area contributed by atoms with Gasteiger partial charge in [0.1, 0.15) is 12.7 Å². The van der Waals surface area contributed by atoms with Gasteiger partial charge in [-0.05, 0) is 99.4 Å². The number of carbonyl (C=O) groups is 1. The maximum Gasteiger partial charge on any atom is 0.331 e. The Kier molecular flexibility index (Phi) is 6.16. The predicted molar refractivity (Wildman–Crippen MR) is 132 cm³/mol. The van der Waals surface area contributed by atoms with E-state index in [2.05, 4.69) is 13.8 Å². The first-order valence-electron chi connectivity index (χ1n) is 14.3. The molecule has 4 aliphatic carbocycles. The normalized spacial score (nSPS) is 54.8. The molecule has 36 heavy (non-hydrogen) atoms. The van der Waals surface area contributed by atoms with Gasteiger partial charge in [-0.25, -0.2) is 4.79 Å². The third-order valence-electron chi connectivity index (χ3n) is 12.0. The summed E-state index contributed by atoms with van der Waals surface area (Å²) < 4.78 is 17.4. The molecule has 3 N–H and O–H groups in total. The highest BCUT2D eigenvalue weighted by Crippen LogP contribution is 2.70. The van der Waals surface area contributed by atoms with E-state index in [1.807, 2.05) is 0 Å². The van der Waals surface area contributed by atoms with Crippen LogP contribution in [-0.4, -0.2) is 64.2 Å². The quantitative estimate of drug-likeness (QED) is 0.399. The molecule has 0 spiro atoms. The first kappa shape index (κ1) is 25.3. The Bertz CT molecular complexity index is 907. The molecule has 0 radical (unpaired) electrons. The molecule has 0 amide bonds. The largest absolute Gasteiger partial charge is 0.458 e. The first-order chi connectivity index (χ1) is 17.0. The SMILES string of the molecule is CC1OC(O[C@H]2CC[C@@]3(C)[C@@H](CC[C@@H]4[C@H]3CC[C@]3(C)[C@@H](C5=CC(=O)OC5)CC[C@]43O)C2)CC(O)C1O. The van der Waals surface area contributed by atoms with E-state index in [4.69, 9.17) is 14.2 Å². The molecule has 1 saturated heterocycles. The highest BCUT2D eigenvalue weighted by Gasteiger charge is 2.67. The fourth-order valence-corrected chi connectivity index (χ4v) is 9.82. The molecule has 0 bridgehead atoms. The summed E-state index contributed by atoms with van der Waals surface area (Å²) in [6, 6.07) is 0. The highest BCUT2D eigenvalue weighted by molar-refractivity contribution is 5.85. The second-order valence-corrected chi connectivity index (χ2v) is 13.4. The Morgan fingerprint density at radius 2 is 1.81 bits per heavy atom. The van der Waals surface area contributed by atoms with Gasteiger partial charge in [0, 0.05) is 17.9 Å². The molecule has 202 valence electrons. The number of esters is 1. The predicted octanol–water partition coefficient (Wildman–Crippen LogP) is 3.49. The van der Waals surface area contributed by atoms with Crippen molar-refractivity contribution in [1.29, 1.82) is 0 Å². The van der Waals surface area contributed by atoms with Crippen molar-refractivity contribution in [3.8, 4) is 0 Å². The lowest BCUT2D eigenvalue weighted by molar-refractivity contribution is -0.270. The summed E-state index contributed by atoms with van der Waals surface area (Å²) in [6.07, 6.45) is 8.64. The number of fused-ring (bicyclic) bond motifs is 5. The van der Waals surface area contributed by atoms with Gasteiger partial charge < -0.3 is 29.5 Å². The van der Waals surface area contributed by atoms with E-state index in [-0.39, 0.29) is 28.8 Å². The smallest absolute Gasteiger partial charge is 0.331 e. The lowest BCUT2D eigenvalue weighted by atomic mass is 9.43. The number of aliphatic hydroxyl groups excluding tert-OH is 2. The van der Waals surface area contributed by atoms with E-state index in [1.165, 1.54) is 0 Å². The Morgan fingerprint density at radius 1 is 1.00 bits per heavy atom. The standard InChI is InChI=1S/C29H44O7/c1-16-26(32)23(30)14-25(35-16)36-19-6-9-27(2)18(13-19)4-5-22-21(27)7-10-28(3)20(8-11-29(22,28)33)17-12-24(31)34-15-17/h12,16,18-23,25-26,30,32-33H,4-11,13-15H2,1-3H3/t16?,18-,19-,20+,21+,22+,23?,25?,26?,27-,28+,29-/m0/s1. The van der Waals surface area contributed by atoms with Gasteiger partial charge >= 0.3 is 5.97 Å². The summed E-state index contributed by atoms with van der Waals surface area (Å²) in [6.45, 7) is 6.92. The fraction of sp³-hybridized carbons (Fsp3) is 0.897. The first-order valence-corrected chi connectivity index (χ1v) is 14.3. The van der Waals surface area contributed by atoms with Gasteiger partial charge in [-0.3, -0.25) is 0 Å².